The van der Waals surface area contributed by atoms with Crippen molar-refractivity contribution in [3.8, 4) is 11.5 Å². The minimum absolute atomic E-state index is 0.115. The van der Waals surface area contributed by atoms with Gasteiger partial charge in [0.25, 0.3) is 5.91 Å². The SMILES string of the molecule is CC(O)c1cccc(F)c1Oc1ccccc1C(N)=O. The van der Waals surface area contributed by atoms with Crippen LogP contribution in [0.3, 0.4) is 0 Å². The number of nitrogens with two attached hydrogens (primary N) is 1. The average molecular weight is 275 g/mol. The number of aliphatic hydroxyl groups excluding tert-OH is 1. The topological polar surface area (TPSA) is 72.6 Å². The molecule has 0 aliphatic carbocycles. The molecule has 0 radical (unpaired) electrons. The van der Waals surface area contributed by atoms with Gasteiger partial charge in [-0.05, 0) is 25.1 Å². The first-order chi connectivity index (χ1) is 9.50. The van der Waals surface area contributed by atoms with Crippen LogP contribution in [0.1, 0.15) is 28.9 Å². The molecule has 5 heteroatoms. The summed E-state index contributed by atoms with van der Waals surface area (Å²) in [6, 6.07) is 10.5. The van der Waals surface area contributed by atoms with Crippen LogP contribution < -0.4 is 10.5 Å². The van der Waals surface area contributed by atoms with E-state index in [4.69, 9.17) is 10.5 Å². The van der Waals surface area contributed by atoms with Crippen molar-refractivity contribution in [1.82, 2.24) is 0 Å². The lowest BCUT2D eigenvalue weighted by atomic mass is 10.1. The number of amides is 1. The molecule has 20 heavy (non-hydrogen) atoms. The second kappa shape index (κ2) is 5.71. The molecule has 104 valence electrons. The summed E-state index contributed by atoms with van der Waals surface area (Å²) in [5, 5.41) is 9.65. The van der Waals surface area contributed by atoms with Gasteiger partial charge in [0.2, 0.25) is 0 Å². The van der Waals surface area contributed by atoms with E-state index in [1.165, 1.54) is 31.2 Å². The van der Waals surface area contributed by atoms with E-state index in [1.807, 2.05) is 0 Å². The standard InChI is InChI=1S/C15H14FNO3/c1-9(18)10-6-4-7-12(16)14(10)20-13-8-3-2-5-11(13)15(17)19/h2-9,18H,1H3,(H2,17,19). The summed E-state index contributed by atoms with van der Waals surface area (Å²) in [5.41, 5.74) is 5.68. The summed E-state index contributed by atoms with van der Waals surface area (Å²) < 4.78 is 19.3. The maximum absolute atomic E-state index is 13.9. The molecule has 1 unspecified atom stereocenters. The van der Waals surface area contributed by atoms with Gasteiger partial charge >= 0.3 is 0 Å². The van der Waals surface area contributed by atoms with Crippen LogP contribution >= 0.6 is 0 Å². The first-order valence-electron chi connectivity index (χ1n) is 6.04. The van der Waals surface area contributed by atoms with E-state index in [1.54, 1.807) is 18.2 Å². The highest BCUT2D eigenvalue weighted by Gasteiger charge is 2.17. The van der Waals surface area contributed by atoms with E-state index >= 15 is 0 Å². The fourth-order valence-electron chi connectivity index (χ4n) is 1.83. The fourth-order valence-corrected chi connectivity index (χ4v) is 1.83. The van der Waals surface area contributed by atoms with Crippen LogP contribution in [0, 0.1) is 5.82 Å². The third kappa shape index (κ3) is 2.78. The maximum atomic E-state index is 13.9. The molecule has 2 aromatic rings. The zero-order valence-corrected chi connectivity index (χ0v) is 10.8. The number of ether oxygens (including phenoxy) is 1. The molecular weight excluding hydrogens is 261 g/mol. The largest absolute Gasteiger partial charge is 0.453 e. The maximum Gasteiger partial charge on any atom is 0.252 e. The quantitative estimate of drug-likeness (QED) is 0.901. The number of primary amides is 1. The third-order valence-corrected chi connectivity index (χ3v) is 2.81. The summed E-state index contributed by atoms with van der Waals surface area (Å²) in [6.07, 6.45) is -0.901. The van der Waals surface area contributed by atoms with E-state index in [0.29, 0.717) is 5.56 Å². The molecule has 0 aliphatic heterocycles. The van der Waals surface area contributed by atoms with Crippen LogP contribution in [0.25, 0.3) is 0 Å². The highest BCUT2D eigenvalue weighted by atomic mass is 19.1. The van der Waals surface area contributed by atoms with Crippen molar-refractivity contribution < 1.29 is 19.0 Å². The monoisotopic (exact) mass is 275 g/mol. The second-order valence-electron chi connectivity index (χ2n) is 4.30. The molecule has 0 spiro atoms. The highest BCUT2D eigenvalue weighted by Crippen LogP contribution is 2.33. The number of halogens is 1. The number of hydrogen-bond donors (Lipinski definition) is 2. The Morgan fingerprint density at radius 2 is 1.95 bits per heavy atom. The first-order valence-corrected chi connectivity index (χ1v) is 6.04. The van der Waals surface area contributed by atoms with Gasteiger partial charge in [0, 0.05) is 5.56 Å². The van der Waals surface area contributed by atoms with Crippen LogP contribution in [0.5, 0.6) is 11.5 Å². The Kier molecular flexibility index (Phi) is 4.00. The number of carbonyl (C=O) groups is 1. The van der Waals surface area contributed by atoms with E-state index < -0.39 is 17.8 Å². The van der Waals surface area contributed by atoms with Gasteiger partial charge in [0.05, 0.1) is 11.7 Å². The van der Waals surface area contributed by atoms with Gasteiger partial charge in [-0.3, -0.25) is 4.79 Å². The van der Waals surface area contributed by atoms with E-state index in [0.717, 1.165) is 0 Å². The minimum atomic E-state index is -0.901. The Morgan fingerprint density at radius 1 is 1.25 bits per heavy atom. The predicted molar refractivity (Wildman–Crippen MR) is 72.1 cm³/mol. The normalized spacial score (nSPS) is 11.9. The Labute approximate surface area is 115 Å². The number of hydrogen-bond acceptors (Lipinski definition) is 3. The molecule has 3 N–H and O–H groups in total. The van der Waals surface area contributed by atoms with Gasteiger partial charge in [-0.2, -0.15) is 0 Å². The summed E-state index contributed by atoms with van der Waals surface area (Å²) in [5.74, 6) is -1.26. The van der Waals surface area contributed by atoms with Crippen LogP contribution in [-0.4, -0.2) is 11.0 Å². The molecule has 0 heterocycles. The van der Waals surface area contributed by atoms with Crippen LogP contribution in [0.2, 0.25) is 0 Å². The lowest BCUT2D eigenvalue weighted by Crippen LogP contribution is -2.12. The van der Waals surface area contributed by atoms with Gasteiger partial charge in [-0.1, -0.05) is 24.3 Å². The van der Waals surface area contributed by atoms with Crippen molar-refractivity contribution in [1.29, 1.82) is 0 Å². The third-order valence-electron chi connectivity index (χ3n) is 2.81. The molecule has 0 saturated heterocycles. The fraction of sp³-hybridized carbons (Fsp3) is 0.133. The van der Waals surface area contributed by atoms with Gasteiger partial charge in [0.15, 0.2) is 11.6 Å². The number of aliphatic hydroxyl groups is 1. The van der Waals surface area contributed by atoms with Crippen molar-refractivity contribution in [3.05, 3.63) is 59.4 Å². The zero-order chi connectivity index (χ0) is 14.7. The predicted octanol–water partition coefficient (Wildman–Crippen LogP) is 2.77. The van der Waals surface area contributed by atoms with Crippen molar-refractivity contribution in [2.24, 2.45) is 5.73 Å². The Hall–Kier alpha value is -2.40. The van der Waals surface area contributed by atoms with E-state index in [9.17, 15) is 14.3 Å². The van der Waals surface area contributed by atoms with Crippen molar-refractivity contribution in [3.63, 3.8) is 0 Å². The van der Waals surface area contributed by atoms with Crippen molar-refractivity contribution in [2.45, 2.75) is 13.0 Å². The molecule has 0 aliphatic rings. The molecule has 0 saturated carbocycles. The summed E-state index contributed by atoms with van der Waals surface area (Å²) in [7, 11) is 0. The van der Waals surface area contributed by atoms with Gasteiger partial charge in [-0.15, -0.1) is 0 Å². The molecule has 0 aromatic heterocycles. The molecule has 1 amide bonds. The smallest absolute Gasteiger partial charge is 0.252 e. The van der Waals surface area contributed by atoms with Crippen LogP contribution in [-0.2, 0) is 0 Å². The summed E-state index contributed by atoms with van der Waals surface area (Å²) in [4.78, 5) is 11.3. The van der Waals surface area contributed by atoms with Crippen molar-refractivity contribution in [2.75, 3.05) is 0 Å². The molecule has 1 atom stereocenters. The molecule has 4 nitrogen and oxygen atoms in total. The molecule has 0 fully saturated rings. The molecule has 2 aromatic carbocycles. The number of benzene rings is 2. The summed E-state index contributed by atoms with van der Waals surface area (Å²) >= 11 is 0. The molecular formula is C15H14FNO3. The first kappa shape index (κ1) is 14.0. The zero-order valence-electron chi connectivity index (χ0n) is 10.8. The average Bonchev–Trinajstić information content (AvgIpc) is 2.41. The van der Waals surface area contributed by atoms with Crippen LogP contribution in [0.4, 0.5) is 4.39 Å². The van der Waals surface area contributed by atoms with Crippen molar-refractivity contribution >= 4 is 5.91 Å². The van der Waals surface area contributed by atoms with Crippen LogP contribution in [0.15, 0.2) is 42.5 Å². The highest BCUT2D eigenvalue weighted by molar-refractivity contribution is 5.95. The van der Waals surface area contributed by atoms with Gasteiger partial charge in [0.1, 0.15) is 5.75 Å². The lowest BCUT2D eigenvalue weighted by Gasteiger charge is -2.15. The van der Waals surface area contributed by atoms with E-state index in [-0.39, 0.29) is 17.1 Å². The van der Waals surface area contributed by atoms with Gasteiger partial charge < -0.3 is 15.6 Å². The Morgan fingerprint density at radius 3 is 2.60 bits per heavy atom. The number of para-hydroxylation sites is 2. The Balaban J connectivity index is 2.48. The minimum Gasteiger partial charge on any atom is -0.453 e. The lowest BCUT2D eigenvalue weighted by molar-refractivity contribution is 0.0998. The van der Waals surface area contributed by atoms with E-state index in [2.05, 4.69) is 0 Å². The number of rotatable bonds is 4. The number of carbonyl (C=O) groups excluding carboxylic acids is 1. The molecule has 0 bridgehead atoms. The Bertz CT molecular complexity index is 641. The summed E-state index contributed by atoms with van der Waals surface area (Å²) in [6.45, 7) is 1.50. The molecule has 2 rings (SSSR count). The van der Waals surface area contributed by atoms with Gasteiger partial charge in [-0.25, -0.2) is 4.39 Å². The second-order valence-corrected chi connectivity index (χ2v) is 4.30.